The van der Waals surface area contributed by atoms with Crippen LogP contribution in [0, 0.1) is 0 Å². The third-order valence-electron chi connectivity index (χ3n) is 19.4. The number of hydrogen-bond donors (Lipinski definition) is 7. The largest absolute Gasteiger partial charge is 0.465 e. The minimum absolute atomic E-state index is 0.0742. The second kappa shape index (κ2) is 38.4. The number of nitrogens with one attached hydrogen (secondary N) is 4. The highest BCUT2D eigenvalue weighted by atomic mass is 35.5. The normalized spacial score (nSPS) is 31.5. The van der Waals surface area contributed by atoms with Crippen molar-refractivity contribution in [1.82, 2.24) is 21.3 Å². The molecule has 7 N–H and O–H groups in total. The third kappa shape index (κ3) is 20.5. The van der Waals surface area contributed by atoms with E-state index in [1.165, 1.54) is 0 Å². The van der Waals surface area contributed by atoms with Crippen LogP contribution in [0.15, 0.2) is 30.3 Å². The summed E-state index contributed by atoms with van der Waals surface area (Å²) in [4.78, 5) is 175. The minimum Gasteiger partial charge on any atom is -0.465 e. The van der Waals surface area contributed by atoms with Crippen molar-refractivity contribution in [3.63, 3.8) is 0 Å². The first-order chi connectivity index (χ1) is 53.3. The zero-order valence-corrected chi connectivity index (χ0v) is 63.2. The average molecular weight is 1620 g/mol. The Morgan fingerprint density at radius 3 is 1.08 bits per heavy atom. The summed E-state index contributed by atoms with van der Waals surface area (Å²) in [5.41, 5.74) is 0.657. The molecule has 0 saturated carbocycles. The number of aliphatic hydroxyl groups is 3. The Balaban J connectivity index is 0.986. The number of carbonyl (C=O) groups excluding carboxylic acids is 13. The number of esters is 9. The fourth-order valence-electron chi connectivity index (χ4n) is 14.6. The molecule has 42 nitrogen and oxygen atoms in total. The number of hydrogen-bond acceptors (Lipinski definition) is 38. The first-order valence-corrected chi connectivity index (χ1v) is 36.4. The molecule has 112 heavy (non-hydrogen) atoms. The number of alkyl halides is 1. The van der Waals surface area contributed by atoms with E-state index >= 15 is 0 Å². The first-order valence-electron chi connectivity index (χ1n) is 35.9. The van der Waals surface area contributed by atoms with Gasteiger partial charge in [-0.1, -0.05) is 69.4 Å². The van der Waals surface area contributed by atoms with Gasteiger partial charge in [0.15, 0.2) is 30.5 Å². The Hall–Kier alpha value is -8.66. The molecule has 8 saturated heterocycles. The third-order valence-corrected chi connectivity index (χ3v) is 19.7. The number of methoxy groups -OCH3 is 4. The van der Waals surface area contributed by atoms with Gasteiger partial charge in [-0.2, -0.15) is 0 Å². The number of carbonyl (C=O) groups is 13. The van der Waals surface area contributed by atoms with Crippen LogP contribution in [0.1, 0.15) is 104 Å². The van der Waals surface area contributed by atoms with Crippen LogP contribution >= 0.6 is 11.6 Å². The lowest BCUT2D eigenvalue weighted by Gasteiger charge is -2.47. The number of fused-ring (bicyclic) bond motifs is 4. The van der Waals surface area contributed by atoms with E-state index < -0.39 is 281 Å². The molecule has 0 spiro atoms. The predicted molar refractivity (Wildman–Crippen MR) is 360 cm³/mol. The fourth-order valence-corrected chi connectivity index (χ4v) is 14.6. The van der Waals surface area contributed by atoms with Crippen LogP contribution in [0.4, 0.5) is 19.2 Å². The van der Waals surface area contributed by atoms with Crippen molar-refractivity contribution < 1.29 is 182 Å². The zero-order chi connectivity index (χ0) is 81.6. The topological polar surface area (TPSA) is 534 Å². The Morgan fingerprint density at radius 1 is 0.446 bits per heavy atom. The molecule has 0 bridgehead atoms. The summed E-state index contributed by atoms with van der Waals surface area (Å²) >= 11 is 5.87. The number of amides is 4. The van der Waals surface area contributed by atoms with Crippen LogP contribution in [0.5, 0.6) is 0 Å². The number of alkyl carbamates (subject to hydrolysis) is 4. The second-order valence-corrected chi connectivity index (χ2v) is 27.6. The van der Waals surface area contributed by atoms with Crippen molar-refractivity contribution in [2.75, 3.05) is 67.4 Å². The van der Waals surface area contributed by atoms with Crippen molar-refractivity contribution in [3.8, 4) is 0 Å². The lowest BCUT2D eigenvalue weighted by molar-refractivity contribution is -0.330. The maximum absolute atomic E-state index is 14.5. The van der Waals surface area contributed by atoms with Crippen LogP contribution in [0.2, 0.25) is 0 Å². The van der Waals surface area contributed by atoms with E-state index in [-0.39, 0.29) is 13.2 Å². The monoisotopic (exact) mass is 1620 g/mol. The Kier molecular flexibility index (Phi) is 30.0. The van der Waals surface area contributed by atoms with Crippen LogP contribution in [0.3, 0.4) is 0 Å². The smallest absolute Gasteiger partial charge is 0.407 e. The van der Waals surface area contributed by atoms with Gasteiger partial charge in [-0.15, -0.1) is 11.6 Å². The molecule has 624 valence electrons. The van der Waals surface area contributed by atoms with E-state index in [4.69, 9.17) is 116 Å². The predicted octanol–water partition coefficient (Wildman–Crippen LogP) is -0.869. The van der Waals surface area contributed by atoms with Crippen molar-refractivity contribution >= 4 is 89.7 Å². The Morgan fingerprint density at radius 2 is 0.759 bits per heavy atom. The molecule has 1 aromatic carbocycles. The van der Waals surface area contributed by atoms with Crippen LogP contribution < -0.4 is 21.3 Å². The van der Waals surface area contributed by atoms with Crippen LogP contribution in [0.25, 0.3) is 0 Å². The Labute approximate surface area is 644 Å². The second-order valence-electron chi connectivity index (χ2n) is 27.3. The van der Waals surface area contributed by atoms with Gasteiger partial charge in [0.05, 0.1) is 118 Å². The highest BCUT2D eigenvalue weighted by Crippen LogP contribution is 2.45. The molecule has 0 unspecified atom stereocenters. The van der Waals surface area contributed by atoms with Gasteiger partial charge in [0.2, 0.25) is 0 Å². The molecule has 0 radical (unpaired) electrons. The number of aliphatic hydroxyl groups excluding tert-OH is 3. The molecule has 9 rings (SSSR count). The fraction of sp³-hybridized carbons (Fsp3) is 0.725. The molecule has 8 aliphatic rings. The molecule has 43 heteroatoms. The molecule has 0 aromatic heterocycles. The zero-order valence-electron chi connectivity index (χ0n) is 62.5. The lowest BCUT2D eigenvalue weighted by atomic mass is 9.88. The number of rotatable bonds is 39. The summed E-state index contributed by atoms with van der Waals surface area (Å²) in [7, 11) is 3.66. The van der Waals surface area contributed by atoms with Crippen LogP contribution in [-0.4, -0.2) is 306 Å². The van der Waals surface area contributed by atoms with Gasteiger partial charge in [0.1, 0.15) is 73.0 Å². The highest BCUT2D eigenvalue weighted by Gasteiger charge is 2.67. The number of unbranched alkanes of at least 4 members (excludes halogenated alkanes) is 5. The van der Waals surface area contributed by atoms with E-state index in [1.54, 1.807) is 30.3 Å². The highest BCUT2D eigenvalue weighted by molar-refractivity contribution is 6.26. The SMILES string of the molecule is CCCCCCCCO[C@]1(C(=O)OC)C[C@@H]2OC(=O)N[C@H]2[C@H]([C@H](OC(C)=O)[C@H](O)CO[C@]2(C(=O)OC)C[C@@H]3OC(=O)N[C@H]3[C@H]([C@H](OC(C)=O)[C@H](O)CO[C@]3(C(=O)OC)C[C@@H]4OC(=O)N[C@H]4[C@H]([C@H](OC(C)=O)[C@H](O)CO[C@]4(C(=O)OC)C[C@@H]5OC(=O)N[C@H]5[C@H]([C@H](OC(C)=O)[C@@H](COCc5ccccc5)OC(=O)CCl)O4)O3)O2)O1. The first kappa shape index (κ1) is 87.3. The molecule has 0 aliphatic carbocycles. The van der Waals surface area contributed by atoms with Gasteiger partial charge < -0.3 is 141 Å². The Bertz CT molecular complexity index is 3550. The van der Waals surface area contributed by atoms with Crippen molar-refractivity contribution in [3.05, 3.63) is 35.9 Å². The summed E-state index contributed by atoms with van der Waals surface area (Å²) in [6, 6.07) is 2.95. The van der Waals surface area contributed by atoms with E-state index in [0.717, 1.165) is 81.8 Å². The van der Waals surface area contributed by atoms with E-state index in [9.17, 15) is 77.6 Å². The number of ether oxygens (including phenoxy) is 22. The molecule has 8 fully saturated rings. The molecule has 1 aromatic rings. The van der Waals surface area contributed by atoms with Gasteiger partial charge >= 0.3 is 78.1 Å². The van der Waals surface area contributed by atoms with Crippen molar-refractivity contribution in [2.45, 2.75) is 250 Å². The van der Waals surface area contributed by atoms with Crippen LogP contribution in [-0.2, 0) is 154 Å². The quantitative estimate of drug-likeness (QED) is 0.0182. The molecule has 8 aliphatic heterocycles. The van der Waals surface area contributed by atoms with Crippen molar-refractivity contribution in [2.24, 2.45) is 0 Å². The summed E-state index contributed by atoms with van der Waals surface area (Å²) in [5, 5.41) is 47.1. The average Bonchev–Trinajstić information content (AvgIpc) is 1.50. The maximum Gasteiger partial charge on any atom is 0.407 e. The van der Waals surface area contributed by atoms with E-state index in [2.05, 4.69) is 28.2 Å². The molecule has 24 atom stereocenters. The van der Waals surface area contributed by atoms with Crippen molar-refractivity contribution in [1.29, 1.82) is 0 Å². The summed E-state index contributed by atoms with van der Waals surface area (Å²) in [5.74, 6) is -22.6. The summed E-state index contributed by atoms with van der Waals surface area (Å²) in [6.45, 7) is 1.39. The summed E-state index contributed by atoms with van der Waals surface area (Å²) < 4.78 is 127. The standard InChI is InChI=1S/C69H93ClN4O38/c1-10-11-12-13-14-18-21-96-66(58(83)91-6)22-40-46(71-62(87)105-40)54(109-66)50(100-32(2)75)37(79)28-97-67(59(84)92-7)23-41-47(72-63(88)106-41)55(110-67)51(101-33(3)76)38(80)29-98-68(60(85)93-8)24-42-48(73-64(89)107-42)56(111-68)52(102-34(4)77)39(81)30-99-69(61(86)94-9)25-43-49(74-65(90)108-43)57(112-69)53(103-35(5)78)44(104-45(82)26-70)31-95-27-36-19-16-15-17-20-36/h15-17,19-20,37-44,46-57,79-81H,10-14,18,21-31H2,1-9H3,(H,71,87)(H,72,88)(H,73,89)(H,74,90)/t37-,38-,39-,40+,41+,42+,43+,44-,46-,47-,48-,49-,50-,51-,52-,53-,54-,55-,56-,57-,66-,67-,68-,69-/m1/s1. The molecule has 8 heterocycles. The van der Waals surface area contributed by atoms with Gasteiger partial charge in [-0.3, -0.25) is 24.0 Å². The maximum atomic E-state index is 14.5. The minimum atomic E-state index is -2.98. The van der Waals surface area contributed by atoms with Gasteiger partial charge in [-0.05, 0) is 12.0 Å². The molecular formula is C69H93ClN4O38. The van der Waals surface area contributed by atoms with Gasteiger partial charge in [0.25, 0.3) is 23.1 Å². The van der Waals surface area contributed by atoms with Gasteiger partial charge in [-0.25, -0.2) is 38.4 Å². The lowest BCUT2D eigenvalue weighted by Crippen LogP contribution is -2.68. The van der Waals surface area contributed by atoms with E-state index in [1.807, 2.05) is 0 Å². The number of halogens is 1. The summed E-state index contributed by atoms with van der Waals surface area (Å²) in [6.07, 6.45) is -32.6. The van der Waals surface area contributed by atoms with E-state index in [0.29, 0.717) is 18.4 Å². The molecule has 4 amide bonds. The number of benzene rings is 1. The van der Waals surface area contributed by atoms with Gasteiger partial charge in [0, 0.05) is 27.7 Å². The molecular weight excluding hydrogens is 1530 g/mol.